The van der Waals surface area contributed by atoms with Crippen LogP contribution in [-0.2, 0) is 0 Å². The molecule has 0 aromatic heterocycles. The van der Waals surface area contributed by atoms with E-state index in [-0.39, 0.29) is 6.03 Å². The van der Waals surface area contributed by atoms with Gasteiger partial charge in [0.15, 0.2) is 0 Å². The van der Waals surface area contributed by atoms with Crippen LogP contribution in [0.2, 0.25) is 0 Å². The number of amides is 2. The fraction of sp³-hybridized carbons (Fsp3) is 0.909. The molecule has 2 rings (SSSR count). The Bertz CT molecular complexity index is 211. The van der Waals surface area contributed by atoms with Crippen molar-refractivity contribution in [2.45, 2.75) is 45.1 Å². The van der Waals surface area contributed by atoms with Crippen LogP contribution < -0.4 is 5.32 Å². The zero-order valence-corrected chi connectivity index (χ0v) is 8.96. The van der Waals surface area contributed by atoms with Gasteiger partial charge in [-0.2, -0.15) is 0 Å². The molecule has 1 unspecified atom stereocenters. The molecule has 1 aliphatic carbocycles. The lowest BCUT2D eigenvalue weighted by Crippen LogP contribution is -2.54. The van der Waals surface area contributed by atoms with E-state index in [9.17, 15) is 4.79 Å². The molecule has 3 heteroatoms. The van der Waals surface area contributed by atoms with Crippen molar-refractivity contribution in [2.75, 3.05) is 13.1 Å². The lowest BCUT2D eigenvalue weighted by atomic mass is 9.93. The number of carbonyl (C=O) groups excluding carboxylic acids is 1. The Balaban J connectivity index is 1.96. The molecule has 2 fully saturated rings. The summed E-state index contributed by atoms with van der Waals surface area (Å²) in [5.41, 5.74) is 0. The first-order valence-corrected chi connectivity index (χ1v) is 5.82. The molecule has 1 atom stereocenters. The molecule has 1 N–H and O–H groups in total. The molecular weight excluding hydrogens is 176 g/mol. The fourth-order valence-electron chi connectivity index (χ4n) is 2.55. The molecule has 2 aliphatic rings. The first-order chi connectivity index (χ1) is 6.77. The third-order valence-electron chi connectivity index (χ3n) is 3.39. The van der Waals surface area contributed by atoms with Gasteiger partial charge in [-0.25, -0.2) is 4.79 Å². The SMILES string of the molecule is CC1CNC(=O)N(C2CCCCC2)C1. The standard InChI is InChI=1S/C11H20N2O/c1-9-7-12-11(14)13(8-9)10-5-3-2-4-6-10/h9-10H,2-8H2,1H3,(H,12,14). The maximum Gasteiger partial charge on any atom is 0.317 e. The minimum absolute atomic E-state index is 0.162. The number of hydrogen-bond acceptors (Lipinski definition) is 1. The molecule has 2 amide bonds. The van der Waals surface area contributed by atoms with Crippen molar-refractivity contribution >= 4 is 6.03 Å². The Labute approximate surface area is 85.8 Å². The van der Waals surface area contributed by atoms with Crippen LogP contribution in [0, 0.1) is 5.92 Å². The summed E-state index contributed by atoms with van der Waals surface area (Å²) < 4.78 is 0. The van der Waals surface area contributed by atoms with E-state index < -0.39 is 0 Å². The van der Waals surface area contributed by atoms with Crippen molar-refractivity contribution < 1.29 is 4.79 Å². The van der Waals surface area contributed by atoms with E-state index in [2.05, 4.69) is 17.1 Å². The topological polar surface area (TPSA) is 32.3 Å². The van der Waals surface area contributed by atoms with Crippen molar-refractivity contribution in [3.8, 4) is 0 Å². The predicted molar refractivity (Wildman–Crippen MR) is 56.1 cm³/mol. The molecule has 14 heavy (non-hydrogen) atoms. The summed E-state index contributed by atoms with van der Waals surface area (Å²) in [4.78, 5) is 13.7. The summed E-state index contributed by atoms with van der Waals surface area (Å²) in [6.07, 6.45) is 6.35. The van der Waals surface area contributed by atoms with Gasteiger partial charge in [-0.15, -0.1) is 0 Å². The molecule has 1 saturated heterocycles. The van der Waals surface area contributed by atoms with Crippen molar-refractivity contribution in [3.05, 3.63) is 0 Å². The summed E-state index contributed by atoms with van der Waals surface area (Å²) in [6.45, 7) is 4.01. The first-order valence-electron chi connectivity index (χ1n) is 5.82. The van der Waals surface area contributed by atoms with Gasteiger partial charge in [0.2, 0.25) is 0 Å². The van der Waals surface area contributed by atoms with Gasteiger partial charge in [0.05, 0.1) is 0 Å². The van der Waals surface area contributed by atoms with Crippen LogP contribution in [0.4, 0.5) is 4.79 Å². The fourth-order valence-corrected chi connectivity index (χ4v) is 2.55. The maximum absolute atomic E-state index is 11.7. The largest absolute Gasteiger partial charge is 0.338 e. The van der Waals surface area contributed by atoms with Crippen LogP contribution in [0.1, 0.15) is 39.0 Å². The minimum Gasteiger partial charge on any atom is -0.338 e. The molecule has 0 bridgehead atoms. The van der Waals surface area contributed by atoms with Gasteiger partial charge in [0.1, 0.15) is 0 Å². The van der Waals surface area contributed by atoms with Gasteiger partial charge >= 0.3 is 6.03 Å². The molecule has 80 valence electrons. The molecule has 0 aromatic rings. The van der Waals surface area contributed by atoms with Gasteiger partial charge in [0, 0.05) is 19.1 Å². The molecule has 0 radical (unpaired) electrons. The number of nitrogens with one attached hydrogen (secondary N) is 1. The highest BCUT2D eigenvalue weighted by atomic mass is 16.2. The monoisotopic (exact) mass is 196 g/mol. The third kappa shape index (κ3) is 2.02. The van der Waals surface area contributed by atoms with Crippen molar-refractivity contribution in [3.63, 3.8) is 0 Å². The average molecular weight is 196 g/mol. The smallest absolute Gasteiger partial charge is 0.317 e. The molecule has 1 aliphatic heterocycles. The van der Waals surface area contributed by atoms with Crippen molar-refractivity contribution in [1.82, 2.24) is 10.2 Å². The number of hydrogen-bond donors (Lipinski definition) is 1. The average Bonchev–Trinajstić information content (AvgIpc) is 2.23. The van der Waals surface area contributed by atoms with E-state index in [0.717, 1.165) is 13.1 Å². The van der Waals surface area contributed by atoms with Gasteiger partial charge in [-0.05, 0) is 18.8 Å². The highest BCUT2D eigenvalue weighted by Crippen LogP contribution is 2.24. The lowest BCUT2D eigenvalue weighted by molar-refractivity contribution is 0.126. The summed E-state index contributed by atoms with van der Waals surface area (Å²) >= 11 is 0. The highest BCUT2D eigenvalue weighted by Gasteiger charge is 2.29. The second kappa shape index (κ2) is 4.20. The van der Waals surface area contributed by atoms with E-state index in [1.807, 2.05) is 0 Å². The van der Waals surface area contributed by atoms with E-state index in [4.69, 9.17) is 0 Å². The first kappa shape index (κ1) is 9.81. The van der Waals surface area contributed by atoms with Crippen molar-refractivity contribution in [2.24, 2.45) is 5.92 Å². The third-order valence-corrected chi connectivity index (χ3v) is 3.39. The molecule has 0 spiro atoms. The van der Waals surface area contributed by atoms with E-state index in [0.29, 0.717) is 12.0 Å². The molecular formula is C11H20N2O. The van der Waals surface area contributed by atoms with E-state index in [1.54, 1.807) is 0 Å². The molecule has 1 saturated carbocycles. The molecule has 3 nitrogen and oxygen atoms in total. The molecule has 0 aromatic carbocycles. The molecule has 1 heterocycles. The van der Waals surface area contributed by atoms with Crippen LogP contribution in [0.3, 0.4) is 0 Å². The minimum atomic E-state index is 0.162. The van der Waals surface area contributed by atoms with Crippen LogP contribution in [0.5, 0.6) is 0 Å². The number of nitrogens with zero attached hydrogens (tertiary/aromatic N) is 1. The Morgan fingerprint density at radius 1 is 1.29 bits per heavy atom. The van der Waals surface area contributed by atoms with Crippen LogP contribution in [-0.4, -0.2) is 30.1 Å². The van der Waals surface area contributed by atoms with Gasteiger partial charge in [-0.1, -0.05) is 26.2 Å². The predicted octanol–water partition coefficient (Wildman–Crippen LogP) is 1.98. The normalized spacial score (nSPS) is 30.2. The number of rotatable bonds is 1. The lowest BCUT2D eigenvalue weighted by Gasteiger charge is -2.39. The van der Waals surface area contributed by atoms with E-state index in [1.165, 1.54) is 32.1 Å². The summed E-state index contributed by atoms with van der Waals surface area (Å²) in [6, 6.07) is 0.682. The van der Waals surface area contributed by atoms with Gasteiger partial charge in [-0.3, -0.25) is 0 Å². The Hall–Kier alpha value is -0.730. The van der Waals surface area contributed by atoms with Crippen LogP contribution in [0.25, 0.3) is 0 Å². The van der Waals surface area contributed by atoms with Gasteiger partial charge in [0.25, 0.3) is 0 Å². The Kier molecular flexibility index (Phi) is 2.94. The Morgan fingerprint density at radius 3 is 2.71 bits per heavy atom. The summed E-state index contributed by atoms with van der Waals surface area (Å²) in [5.74, 6) is 0.606. The van der Waals surface area contributed by atoms with Crippen molar-refractivity contribution in [1.29, 1.82) is 0 Å². The number of urea groups is 1. The zero-order valence-electron chi connectivity index (χ0n) is 8.96. The van der Waals surface area contributed by atoms with Gasteiger partial charge < -0.3 is 10.2 Å². The second-order valence-corrected chi connectivity index (χ2v) is 4.74. The van der Waals surface area contributed by atoms with E-state index >= 15 is 0 Å². The highest BCUT2D eigenvalue weighted by molar-refractivity contribution is 5.75. The van der Waals surface area contributed by atoms with Crippen LogP contribution >= 0.6 is 0 Å². The second-order valence-electron chi connectivity index (χ2n) is 4.74. The summed E-state index contributed by atoms with van der Waals surface area (Å²) in [5, 5.41) is 2.97. The van der Waals surface area contributed by atoms with Crippen LogP contribution in [0.15, 0.2) is 0 Å². The zero-order chi connectivity index (χ0) is 9.97. The quantitative estimate of drug-likeness (QED) is 0.683. The number of carbonyl (C=O) groups is 1. The Morgan fingerprint density at radius 2 is 2.00 bits per heavy atom. The maximum atomic E-state index is 11.7. The summed E-state index contributed by atoms with van der Waals surface area (Å²) in [7, 11) is 0.